The summed E-state index contributed by atoms with van der Waals surface area (Å²) >= 11 is 3.37. The molecule has 4 heteroatoms. The monoisotopic (exact) mass is 346 g/mol. The molecule has 0 aromatic heterocycles. The third kappa shape index (κ3) is 4.90. The number of hydrogen-bond acceptors (Lipinski definition) is 2. The largest absolute Gasteiger partial charge is 0.376 e. The molecule has 0 atom stereocenters. The molecule has 21 heavy (non-hydrogen) atoms. The van der Waals surface area contributed by atoms with E-state index in [1.54, 1.807) is 0 Å². The van der Waals surface area contributed by atoms with Crippen LogP contribution in [0.25, 0.3) is 0 Å². The van der Waals surface area contributed by atoms with Crippen molar-refractivity contribution in [3.8, 4) is 0 Å². The van der Waals surface area contributed by atoms with Crippen LogP contribution in [-0.2, 0) is 4.79 Å². The third-order valence-corrected chi connectivity index (χ3v) is 3.66. The fourth-order valence-electron chi connectivity index (χ4n) is 1.93. The minimum atomic E-state index is -0.0627. The van der Waals surface area contributed by atoms with E-state index in [9.17, 15) is 4.79 Å². The third-order valence-electron chi connectivity index (χ3n) is 3.13. The first-order valence-corrected chi connectivity index (χ1v) is 7.73. The van der Waals surface area contributed by atoms with Crippen LogP contribution in [0.3, 0.4) is 0 Å². The Labute approximate surface area is 133 Å². The van der Waals surface area contributed by atoms with E-state index in [1.807, 2.05) is 36.4 Å². The fraction of sp³-hybridized carbons (Fsp3) is 0.235. The average Bonchev–Trinajstić information content (AvgIpc) is 2.48. The molecule has 2 aromatic rings. The maximum atomic E-state index is 11.9. The molecule has 0 fully saturated rings. The number of nitrogens with one attached hydrogen (secondary N) is 2. The van der Waals surface area contributed by atoms with Gasteiger partial charge >= 0.3 is 0 Å². The number of rotatable bonds is 5. The van der Waals surface area contributed by atoms with Crippen molar-refractivity contribution in [1.29, 1.82) is 0 Å². The SMILES string of the molecule is CC(C)c1cccc(NCC(=O)Nc2ccc(Br)cc2)c1. The second-order valence-corrected chi connectivity index (χ2v) is 6.10. The zero-order chi connectivity index (χ0) is 15.2. The molecular formula is C17H19BrN2O. The highest BCUT2D eigenvalue weighted by Crippen LogP contribution is 2.18. The second-order valence-electron chi connectivity index (χ2n) is 5.19. The lowest BCUT2D eigenvalue weighted by Gasteiger charge is -2.10. The molecular weight excluding hydrogens is 328 g/mol. The van der Waals surface area contributed by atoms with E-state index in [1.165, 1.54) is 5.56 Å². The summed E-state index contributed by atoms with van der Waals surface area (Å²) < 4.78 is 0.990. The van der Waals surface area contributed by atoms with Gasteiger partial charge in [0, 0.05) is 15.8 Å². The summed E-state index contributed by atoms with van der Waals surface area (Å²) in [6.07, 6.45) is 0. The highest BCUT2D eigenvalue weighted by atomic mass is 79.9. The predicted molar refractivity (Wildman–Crippen MR) is 91.8 cm³/mol. The van der Waals surface area contributed by atoms with Crippen LogP contribution in [0.2, 0.25) is 0 Å². The Kier molecular flexibility index (Phi) is 5.39. The number of anilines is 2. The summed E-state index contributed by atoms with van der Waals surface area (Å²) in [6, 6.07) is 15.7. The number of hydrogen-bond donors (Lipinski definition) is 2. The van der Waals surface area contributed by atoms with Crippen LogP contribution in [0.15, 0.2) is 53.0 Å². The first-order valence-electron chi connectivity index (χ1n) is 6.94. The number of carbonyl (C=O) groups is 1. The summed E-state index contributed by atoms with van der Waals surface area (Å²) in [5.74, 6) is 0.413. The number of carbonyl (C=O) groups excluding carboxylic acids is 1. The van der Waals surface area contributed by atoms with Gasteiger partial charge in [0.05, 0.1) is 6.54 Å². The van der Waals surface area contributed by atoms with Crippen LogP contribution in [0.1, 0.15) is 25.3 Å². The molecule has 0 heterocycles. The summed E-state index contributed by atoms with van der Waals surface area (Å²) in [4.78, 5) is 11.9. The van der Waals surface area contributed by atoms with Crippen molar-refractivity contribution in [3.05, 3.63) is 58.6 Å². The molecule has 0 unspecified atom stereocenters. The molecule has 2 rings (SSSR count). The van der Waals surface area contributed by atoms with Crippen molar-refractivity contribution in [2.45, 2.75) is 19.8 Å². The average molecular weight is 347 g/mol. The van der Waals surface area contributed by atoms with Crippen molar-refractivity contribution in [3.63, 3.8) is 0 Å². The molecule has 0 saturated carbocycles. The molecule has 0 bridgehead atoms. The Morgan fingerprint density at radius 3 is 2.48 bits per heavy atom. The molecule has 0 saturated heterocycles. The van der Waals surface area contributed by atoms with E-state index in [-0.39, 0.29) is 12.5 Å². The molecule has 0 spiro atoms. The second kappa shape index (κ2) is 7.27. The molecule has 110 valence electrons. The lowest BCUT2D eigenvalue weighted by Crippen LogP contribution is -2.21. The van der Waals surface area contributed by atoms with Gasteiger partial charge in [-0.05, 0) is 47.9 Å². The topological polar surface area (TPSA) is 41.1 Å². The van der Waals surface area contributed by atoms with Crippen LogP contribution in [0.4, 0.5) is 11.4 Å². The van der Waals surface area contributed by atoms with Crippen molar-refractivity contribution < 1.29 is 4.79 Å². The maximum absolute atomic E-state index is 11.9. The molecule has 0 aliphatic heterocycles. The Balaban J connectivity index is 1.89. The van der Waals surface area contributed by atoms with E-state index in [0.29, 0.717) is 5.92 Å². The van der Waals surface area contributed by atoms with Crippen LogP contribution in [0, 0.1) is 0 Å². The minimum Gasteiger partial charge on any atom is -0.376 e. The highest BCUT2D eigenvalue weighted by Gasteiger charge is 2.04. The standard InChI is InChI=1S/C17H19BrN2O/c1-12(2)13-4-3-5-16(10-13)19-11-17(21)20-15-8-6-14(18)7-9-15/h3-10,12,19H,11H2,1-2H3,(H,20,21). The highest BCUT2D eigenvalue weighted by molar-refractivity contribution is 9.10. The van der Waals surface area contributed by atoms with Crippen LogP contribution < -0.4 is 10.6 Å². The Morgan fingerprint density at radius 2 is 1.81 bits per heavy atom. The Morgan fingerprint density at radius 1 is 1.10 bits per heavy atom. The van der Waals surface area contributed by atoms with E-state index in [2.05, 4.69) is 52.5 Å². The zero-order valence-electron chi connectivity index (χ0n) is 12.2. The van der Waals surface area contributed by atoms with E-state index >= 15 is 0 Å². The summed E-state index contributed by atoms with van der Waals surface area (Å²) in [5.41, 5.74) is 3.02. The molecule has 3 nitrogen and oxygen atoms in total. The summed E-state index contributed by atoms with van der Waals surface area (Å²) in [5, 5.41) is 6.00. The van der Waals surface area contributed by atoms with Crippen molar-refractivity contribution >= 4 is 33.2 Å². The molecule has 0 aliphatic rings. The molecule has 2 aromatic carbocycles. The predicted octanol–water partition coefficient (Wildman–Crippen LogP) is 4.62. The van der Waals surface area contributed by atoms with Gasteiger partial charge in [-0.1, -0.05) is 41.9 Å². The van der Waals surface area contributed by atoms with Gasteiger partial charge in [-0.25, -0.2) is 0 Å². The lowest BCUT2D eigenvalue weighted by atomic mass is 10.0. The van der Waals surface area contributed by atoms with Crippen LogP contribution in [0.5, 0.6) is 0 Å². The maximum Gasteiger partial charge on any atom is 0.243 e. The minimum absolute atomic E-state index is 0.0627. The van der Waals surface area contributed by atoms with Gasteiger partial charge in [-0.2, -0.15) is 0 Å². The Hall–Kier alpha value is -1.81. The smallest absolute Gasteiger partial charge is 0.243 e. The number of halogens is 1. The van der Waals surface area contributed by atoms with Gasteiger partial charge in [0.1, 0.15) is 0 Å². The fourth-order valence-corrected chi connectivity index (χ4v) is 2.19. The number of benzene rings is 2. The van der Waals surface area contributed by atoms with Gasteiger partial charge in [-0.3, -0.25) is 4.79 Å². The van der Waals surface area contributed by atoms with Gasteiger partial charge in [0.25, 0.3) is 0 Å². The van der Waals surface area contributed by atoms with Crippen molar-refractivity contribution in [1.82, 2.24) is 0 Å². The van der Waals surface area contributed by atoms with Crippen LogP contribution in [-0.4, -0.2) is 12.5 Å². The molecule has 2 N–H and O–H groups in total. The van der Waals surface area contributed by atoms with Crippen molar-refractivity contribution in [2.75, 3.05) is 17.2 Å². The van der Waals surface area contributed by atoms with E-state index in [0.717, 1.165) is 15.8 Å². The normalized spacial score (nSPS) is 10.5. The molecule has 0 aliphatic carbocycles. The van der Waals surface area contributed by atoms with Gasteiger partial charge in [0.2, 0.25) is 5.91 Å². The molecule has 0 radical (unpaired) electrons. The van der Waals surface area contributed by atoms with Gasteiger partial charge in [-0.15, -0.1) is 0 Å². The van der Waals surface area contributed by atoms with Crippen molar-refractivity contribution in [2.24, 2.45) is 0 Å². The number of amides is 1. The first-order chi connectivity index (χ1) is 10.0. The van der Waals surface area contributed by atoms with E-state index < -0.39 is 0 Å². The summed E-state index contributed by atoms with van der Waals surface area (Å²) in [6.45, 7) is 4.55. The first kappa shape index (κ1) is 15.6. The lowest BCUT2D eigenvalue weighted by molar-refractivity contribution is -0.114. The van der Waals surface area contributed by atoms with E-state index in [4.69, 9.17) is 0 Å². The molecule has 1 amide bonds. The summed E-state index contributed by atoms with van der Waals surface area (Å²) in [7, 11) is 0. The van der Waals surface area contributed by atoms with Gasteiger partial charge in [0.15, 0.2) is 0 Å². The zero-order valence-corrected chi connectivity index (χ0v) is 13.8. The van der Waals surface area contributed by atoms with Gasteiger partial charge < -0.3 is 10.6 Å². The quantitative estimate of drug-likeness (QED) is 0.828. The Bertz CT molecular complexity index is 608. The van der Waals surface area contributed by atoms with Crippen LogP contribution >= 0.6 is 15.9 Å².